The number of alkyl halides is 2. The fraction of sp³-hybridized carbons (Fsp3) is 0.286. The molecule has 0 saturated heterocycles. The fourth-order valence-corrected chi connectivity index (χ4v) is 1.49. The zero-order chi connectivity index (χ0) is 10.0. The van der Waals surface area contributed by atoms with Crippen LogP contribution in [0.5, 0.6) is 0 Å². The highest BCUT2D eigenvalue weighted by atomic mass is 127. The second-order valence-corrected chi connectivity index (χ2v) is 3.28. The van der Waals surface area contributed by atoms with Gasteiger partial charge >= 0.3 is 0 Å². The lowest BCUT2D eigenvalue weighted by atomic mass is 10.2. The highest BCUT2D eigenvalue weighted by Crippen LogP contribution is 2.22. The molecule has 72 valence electrons. The van der Waals surface area contributed by atoms with Crippen molar-refractivity contribution >= 4 is 22.6 Å². The van der Waals surface area contributed by atoms with Gasteiger partial charge in [0.05, 0.1) is 6.61 Å². The third-order valence-electron chi connectivity index (χ3n) is 1.42. The van der Waals surface area contributed by atoms with Crippen molar-refractivity contribution in [2.75, 3.05) is 0 Å². The molecule has 1 aromatic heterocycles. The van der Waals surface area contributed by atoms with Crippen LogP contribution in [0.3, 0.4) is 0 Å². The Morgan fingerprint density at radius 1 is 1.54 bits per heavy atom. The summed E-state index contributed by atoms with van der Waals surface area (Å²) < 4.78 is 37.1. The highest BCUT2D eigenvalue weighted by Gasteiger charge is 2.15. The third-order valence-corrected chi connectivity index (χ3v) is 2.31. The van der Waals surface area contributed by atoms with Gasteiger partial charge in [0.15, 0.2) is 0 Å². The maximum Gasteiger partial charge on any atom is 0.280 e. The molecule has 0 aliphatic rings. The predicted molar refractivity (Wildman–Crippen MR) is 47.8 cm³/mol. The lowest BCUT2D eigenvalue weighted by molar-refractivity contribution is 0.145. The summed E-state index contributed by atoms with van der Waals surface area (Å²) in [5, 5.41) is 8.66. The van der Waals surface area contributed by atoms with Crippen molar-refractivity contribution in [1.82, 2.24) is 4.98 Å². The van der Waals surface area contributed by atoms with Gasteiger partial charge in [0, 0.05) is 11.6 Å². The number of pyridine rings is 1. The van der Waals surface area contributed by atoms with Crippen LogP contribution in [0.15, 0.2) is 6.07 Å². The summed E-state index contributed by atoms with van der Waals surface area (Å²) >= 11 is 1.60. The Morgan fingerprint density at radius 3 is 2.54 bits per heavy atom. The van der Waals surface area contributed by atoms with Gasteiger partial charge in [0.2, 0.25) is 0 Å². The van der Waals surface area contributed by atoms with Crippen molar-refractivity contribution in [2.45, 2.75) is 13.0 Å². The van der Waals surface area contributed by atoms with Gasteiger partial charge in [-0.1, -0.05) is 0 Å². The lowest BCUT2D eigenvalue weighted by Crippen LogP contribution is -2.02. The second-order valence-electron chi connectivity index (χ2n) is 2.26. The fourth-order valence-electron chi connectivity index (χ4n) is 0.781. The standard InChI is InChI=1S/C7H5F3INO/c8-4-1-5(6(9)10)12-7(11)3(4)2-13/h1,6,13H,2H2. The van der Waals surface area contributed by atoms with Crippen molar-refractivity contribution in [3.63, 3.8) is 0 Å². The van der Waals surface area contributed by atoms with Gasteiger partial charge < -0.3 is 5.11 Å². The Kier molecular flexibility index (Phi) is 3.48. The summed E-state index contributed by atoms with van der Waals surface area (Å²) in [4.78, 5) is 3.44. The predicted octanol–water partition coefficient (Wildman–Crippen LogP) is 2.26. The minimum atomic E-state index is -2.80. The largest absolute Gasteiger partial charge is 0.391 e. The van der Waals surface area contributed by atoms with Crippen LogP contribution in [0.2, 0.25) is 0 Å². The summed E-state index contributed by atoms with van der Waals surface area (Å²) in [5.41, 5.74) is -0.663. The molecule has 0 atom stereocenters. The Morgan fingerprint density at radius 2 is 2.15 bits per heavy atom. The SMILES string of the molecule is OCc1c(F)cc(C(F)F)nc1I. The van der Waals surface area contributed by atoms with Crippen LogP contribution in [-0.2, 0) is 6.61 Å². The van der Waals surface area contributed by atoms with Crippen LogP contribution in [0.4, 0.5) is 13.2 Å². The molecule has 0 aliphatic carbocycles. The quantitative estimate of drug-likeness (QED) is 0.671. The number of aliphatic hydroxyl groups is 1. The monoisotopic (exact) mass is 303 g/mol. The van der Waals surface area contributed by atoms with E-state index in [2.05, 4.69) is 4.98 Å². The molecule has 0 aliphatic heterocycles. The Balaban J connectivity index is 3.20. The van der Waals surface area contributed by atoms with E-state index in [1.54, 1.807) is 22.6 Å². The molecule has 0 spiro atoms. The topological polar surface area (TPSA) is 33.1 Å². The second kappa shape index (κ2) is 4.23. The molecule has 0 radical (unpaired) electrons. The number of rotatable bonds is 2. The van der Waals surface area contributed by atoms with Crippen LogP contribution in [0, 0.1) is 9.52 Å². The van der Waals surface area contributed by atoms with Crippen LogP contribution in [-0.4, -0.2) is 10.1 Å². The first kappa shape index (κ1) is 10.7. The number of aromatic nitrogens is 1. The van der Waals surface area contributed by atoms with Crippen molar-refractivity contribution in [1.29, 1.82) is 0 Å². The van der Waals surface area contributed by atoms with Gasteiger partial charge in [-0.05, 0) is 22.6 Å². The molecule has 1 aromatic rings. The minimum Gasteiger partial charge on any atom is -0.391 e. The van der Waals surface area contributed by atoms with Crippen molar-refractivity contribution in [3.8, 4) is 0 Å². The van der Waals surface area contributed by atoms with Crippen LogP contribution < -0.4 is 0 Å². The van der Waals surface area contributed by atoms with E-state index in [1.807, 2.05) is 0 Å². The Bertz CT molecular complexity index is 296. The van der Waals surface area contributed by atoms with Crippen LogP contribution in [0.25, 0.3) is 0 Å². The number of hydrogen-bond donors (Lipinski definition) is 1. The Hall–Kier alpha value is -0.370. The van der Waals surface area contributed by atoms with Crippen LogP contribution in [0.1, 0.15) is 17.7 Å². The molecule has 0 unspecified atom stereocenters. The molecule has 13 heavy (non-hydrogen) atoms. The highest BCUT2D eigenvalue weighted by molar-refractivity contribution is 14.1. The average molecular weight is 303 g/mol. The van der Waals surface area contributed by atoms with E-state index < -0.39 is 24.5 Å². The summed E-state index contributed by atoms with van der Waals surface area (Å²) in [6.07, 6.45) is -2.80. The van der Waals surface area contributed by atoms with Crippen LogP contribution >= 0.6 is 22.6 Å². The zero-order valence-electron chi connectivity index (χ0n) is 6.27. The molecule has 6 heteroatoms. The summed E-state index contributed by atoms with van der Waals surface area (Å²) in [5.74, 6) is -0.850. The van der Waals surface area contributed by atoms with Crippen molar-refractivity contribution in [3.05, 3.63) is 26.8 Å². The maximum atomic E-state index is 12.9. The van der Waals surface area contributed by atoms with E-state index in [-0.39, 0.29) is 9.26 Å². The van der Waals surface area contributed by atoms with E-state index in [4.69, 9.17) is 5.11 Å². The van der Waals surface area contributed by atoms with Gasteiger partial charge in [0.1, 0.15) is 15.2 Å². The number of hydrogen-bond acceptors (Lipinski definition) is 2. The normalized spacial score (nSPS) is 10.9. The molecule has 1 heterocycles. The first-order chi connectivity index (χ1) is 6.06. The van der Waals surface area contributed by atoms with Crippen molar-refractivity contribution in [2.24, 2.45) is 0 Å². The Labute approximate surface area is 85.9 Å². The molecule has 0 aromatic carbocycles. The molecular weight excluding hydrogens is 298 g/mol. The average Bonchev–Trinajstić information content (AvgIpc) is 2.03. The smallest absolute Gasteiger partial charge is 0.280 e. The molecule has 0 amide bonds. The van der Waals surface area contributed by atoms with Gasteiger partial charge in [-0.15, -0.1) is 0 Å². The van der Waals surface area contributed by atoms with E-state index >= 15 is 0 Å². The van der Waals surface area contributed by atoms with Crippen molar-refractivity contribution < 1.29 is 18.3 Å². The molecule has 2 nitrogen and oxygen atoms in total. The first-order valence-electron chi connectivity index (χ1n) is 3.30. The van der Waals surface area contributed by atoms with Gasteiger partial charge in [0.25, 0.3) is 6.43 Å². The van der Waals surface area contributed by atoms with E-state index in [1.165, 1.54) is 0 Å². The number of aliphatic hydroxyl groups excluding tert-OH is 1. The molecular formula is C7H5F3INO. The van der Waals surface area contributed by atoms with E-state index in [0.29, 0.717) is 6.07 Å². The lowest BCUT2D eigenvalue weighted by Gasteiger charge is -2.04. The molecule has 0 bridgehead atoms. The molecule has 1 rings (SSSR count). The zero-order valence-corrected chi connectivity index (χ0v) is 8.43. The first-order valence-corrected chi connectivity index (χ1v) is 4.38. The van der Waals surface area contributed by atoms with Gasteiger partial charge in [-0.2, -0.15) is 0 Å². The minimum absolute atomic E-state index is 0.0509. The summed E-state index contributed by atoms with van der Waals surface area (Å²) in [6.45, 7) is -0.541. The number of nitrogens with zero attached hydrogens (tertiary/aromatic N) is 1. The summed E-state index contributed by atoms with van der Waals surface area (Å²) in [7, 11) is 0. The maximum absolute atomic E-state index is 12.9. The van der Waals surface area contributed by atoms with Gasteiger partial charge in [-0.3, -0.25) is 0 Å². The van der Waals surface area contributed by atoms with Gasteiger partial charge in [-0.25, -0.2) is 18.2 Å². The third kappa shape index (κ3) is 2.31. The van der Waals surface area contributed by atoms with E-state index in [9.17, 15) is 13.2 Å². The number of halogens is 4. The summed E-state index contributed by atoms with van der Waals surface area (Å²) in [6, 6.07) is 0.637. The molecule has 0 saturated carbocycles. The van der Waals surface area contributed by atoms with E-state index in [0.717, 1.165) is 0 Å². The molecule has 0 fully saturated rings. The molecule has 1 N–H and O–H groups in total.